The van der Waals surface area contributed by atoms with Crippen LogP contribution in [0.4, 0.5) is 0 Å². The van der Waals surface area contributed by atoms with E-state index in [1.165, 1.54) is 11.1 Å². The summed E-state index contributed by atoms with van der Waals surface area (Å²) in [5.74, 6) is 1.55. The van der Waals surface area contributed by atoms with Crippen molar-refractivity contribution in [3.8, 4) is 5.75 Å². The predicted molar refractivity (Wildman–Crippen MR) is 79.5 cm³/mol. The molecule has 1 aliphatic rings. The fraction of sp³-hybridized carbons (Fsp3) is 0.571. The van der Waals surface area contributed by atoms with Gasteiger partial charge in [0.25, 0.3) is 0 Å². The van der Waals surface area contributed by atoms with Crippen LogP contribution in [0, 0.1) is 5.92 Å². The highest BCUT2D eigenvalue weighted by molar-refractivity contribution is 9.10. The Bertz CT molecular complexity index is 423. The molecule has 2 nitrogen and oxygen atoms in total. The lowest BCUT2D eigenvalue weighted by molar-refractivity contribution is 0.352. The predicted octanol–water partition coefficient (Wildman–Crippen LogP) is 3.74. The van der Waals surface area contributed by atoms with E-state index in [-0.39, 0.29) is 5.38 Å². The molecule has 0 amide bonds. The second-order valence-electron chi connectivity index (χ2n) is 5.04. The second kappa shape index (κ2) is 6.27. The summed E-state index contributed by atoms with van der Waals surface area (Å²) < 4.78 is 6.82. The first-order chi connectivity index (χ1) is 8.58. The molecule has 0 spiro atoms. The maximum atomic E-state index is 6.23. The number of ether oxygens (including phenoxy) is 1. The van der Waals surface area contributed by atoms with Gasteiger partial charge in [-0.1, -0.05) is 29.8 Å². The topological polar surface area (TPSA) is 21.3 Å². The van der Waals surface area contributed by atoms with Crippen LogP contribution in [0.25, 0.3) is 0 Å². The van der Waals surface area contributed by atoms with Crippen molar-refractivity contribution in [2.24, 2.45) is 5.92 Å². The fourth-order valence-electron chi connectivity index (χ4n) is 2.06. The average molecular weight is 333 g/mol. The number of benzene rings is 1. The largest absolute Gasteiger partial charge is 0.493 e. The molecule has 2 rings (SSSR count). The monoisotopic (exact) mass is 331 g/mol. The van der Waals surface area contributed by atoms with Crippen LogP contribution >= 0.6 is 27.5 Å². The SMILES string of the molecule is CC(C)C(Cl)CNCc1cc(Br)cc2c1OCC2. The molecule has 1 heterocycles. The zero-order valence-electron chi connectivity index (χ0n) is 10.8. The molecule has 1 N–H and O–H groups in total. The van der Waals surface area contributed by atoms with Crippen molar-refractivity contribution >= 4 is 27.5 Å². The molecule has 0 saturated carbocycles. The van der Waals surface area contributed by atoms with E-state index in [4.69, 9.17) is 16.3 Å². The molecular formula is C14H19BrClNO. The molecular weight excluding hydrogens is 314 g/mol. The van der Waals surface area contributed by atoms with Crippen LogP contribution in [0.1, 0.15) is 25.0 Å². The summed E-state index contributed by atoms with van der Waals surface area (Å²) in [6.07, 6.45) is 1.01. The van der Waals surface area contributed by atoms with Gasteiger partial charge in [-0.25, -0.2) is 0 Å². The summed E-state index contributed by atoms with van der Waals surface area (Å²) in [7, 11) is 0. The smallest absolute Gasteiger partial charge is 0.127 e. The molecule has 100 valence electrons. The number of halogens is 2. The zero-order chi connectivity index (χ0) is 13.1. The molecule has 0 aromatic heterocycles. The first-order valence-electron chi connectivity index (χ1n) is 6.37. The van der Waals surface area contributed by atoms with Gasteiger partial charge in [0.1, 0.15) is 5.75 Å². The molecule has 0 aliphatic carbocycles. The van der Waals surface area contributed by atoms with Crippen LogP contribution < -0.4 is 10.1 Å². The zero-order valence-corrected chi connectivity index (χ0v) is 13.1. The van der Waals surface area contributed by atoms with Crippen molar-refractivity contribution in [3.63, 3.8) is 0 Å². The molecule has 1 aromatic rings. The van der Waals surface area contributed by atoms with E-state index >= 15 is 0 Å². The minimum Gasteiger partial charge on any atom is -0.493 e. The first kappa shape index (κ1) is 14.2. The number of fused-ring (bicyclic) bond motifs is 1. The number of hydrogen-bond acceptors (Lipinski definition) is 2. The number of nitrogens with one attached hydrogen (secondary N) is 1. The van der Waals surface area contributed by atoms with Crippen LogP contribution in [-0.2, 0) is 13.0 Å². The third-order valence-electron chi connectivity index (χ3n) is 3.20. The van der Waals surface area contributed by atoms with E-state index in [1.54, 1.807) is 0 Å². The van der Waals surface area contributed by atoms with Crippen LogP contribution in [0.15, 0.2) is 16.6 Å². The lowest BCUT2D eigenvalue weighted by atomic mass is 10.1. The normalized spacial score (nSPS) is 15.6. The van der Waals surface area contributed by atoms with E-state index in [0.29, 0.717) is 5.92 Å². The summed E-state index contributed by atoms with van der Waals surface area (Å²) in [5.41, 5.74) is 2.51. The van der Waals surface area contributed by atoms with Gasteiger partial charge in [-0.2, -0.15) is 0 Å². The quantitative estimate of drug-likeness (QED) is 0.829. The maximum absolute atomic E-state index is 6.23. The Morgan fingerprint density at radius 2 is 2.22 bits per heavy atom. The molecule has 0 radical (unpaired) electrons. The summed E-state index contributed by atoms with van der Waals surface area (Å²) in [4.78, 5) is 0. The standard InChI is InChI=1S/C14H19BrClNO/c1-9(2)13(16)8-17-7-11-6-12(15)5-10-3-4-18-14(10)11/h5-6,9,13,17H,3-4,7-8H2,1-2H3. The summed E-state index contributed by atoms with van der Waals surface area (Å²) in [5, 5.41) is 3.58. The third-order valence-corrected chi connectivity index (χ3v) is 4.32. The fourth-order valence-corrected chi connectivity index (χ4v) is 2.72. The Labute approximate surface area is 122 Å². The van der Waals surface area contributed by atoms with E-state index in [0.717, 1.165) is 36.3 Å². The number of hydrogen-bond donors (Lipinski definition) is 1. The lowest BCUT2D eigenvalue weighted by Gasteiger charge is -2.15. The highest BCUT2D eigenvalue weighted by Gasteiger charge is 2.17. The van der Waals surface area contributed by atoms with E-state index in [1.807, 2.05) is 0 Å². The van der Waals surface area contributed by atoms with Crippen molar-refractivity contribution in [3.05, 3.63) is 27.7 Å². The highest BCUT2D eigenvalue weighted by Crippen LogP contribution is 2.32. The average Bonchev–Trinajstić information content (AvgIpc) is 2.76. The van der Waals surface area contributed by atoms with E-state index in [9.17, 15) is 0 Å². The van der Waals surface area contributed by atoms with Crippen molar-refractivity contribution in [1.82, 2.24) is 5.32 Å². The van der Waals surface area contributed by atoms with Crippen molar-refractivity contribution < 1.29 is 4.74 Å². The Morgan fingerprint density at radius 3 is 2.94 bits per heavy atom. The summed E-state index contributed by atoms with van der Waals surface area (Å²) >= 11 is 9.78. The molecule has 0 fully saturated rings. The minimum absolute atomic E-state index is 0.172. The molecule has 0 saturated heterocycles. The minimum atomic E-state index is 0.172. The van der Waals surface area contributed by atoms with Gasteiger partial charge >= 0.3 is 0 Å². The molecule has 18 heavy (non-hydrogen) atoms. The lowest BCUT2D eigenvalue weighted by Crippen LogP contribution is -2.26. The summed E-state index contributed by atoms with van der Waals surface area (Å²) in [6.45, 7) is 6.69. The third kappa shape index (κ3) is 3.40. The van der Waals surface area contributed by atoms with Gasteiger partial charge in [0.15, 0.2) is 0 Å². The Morgan fingerprint density at radius 1 is 1.44 bits per heavy atom. The molecule has 1 unspecified atom stereocenters. The Kier molecular flexibility index (Phi) is 4.93. The second-order valence-corrected chi connectivity index (χ2v) is 6.52. The van der Waals surface area contributed by atoms with E-state index in [2.05, 4.69) is 47.2 Å². The van der Waals surface area contributed by atoms with Gasteiger partial charge in [0.05, 0.1) is 6.61 Å². The highest BCUT2D eigenvalue weighted by atomic mass is 79.9. The molecule has 1 aliphatic heterocycles. The van der Waals surface area contributed by atoms with Crippen molar-refractivity contribution in [2.75, 3.05) is 13.2 Å². The number of rotatable bonds is 5. The maximum Gasteiger partial charge on any atom is 0.127 e. The first-order valence-corrected chi connectivity index (χ1v) is 7.59. The molecule has 0 bridgehead atoms. The molecule has 1 atom stereocenters. The van der Waals surface area contributed by atoms with Gasteiger partial charge in [0, 0.05) is 34.9 Å². The van der Waals surface area contributed by atoms with Crippen LogP contribution in [0.2, 0.25) is 0 Å². The van der Waals surface area contributed by atoms with Gasteiger partial charge in [0.2, 0.25) is 0 Å². The van der Waals surface area contributed by atoms with Crippen LogP contribution in [-0.4, -0.2) is 18.5 Å². The van der Waals surface area contributed by atoms with Crippen molar-refractivity contribution in [2.45, 2.75) is 32.2 Å². The van der Waals surface area contributed by atoms with Gasteiger partial charge in [-0.05, 0) is 23.6 Å². The molecule has 1 aromatic carbocycles. The van der Waals surface area contributed by atoms with Crippen LogP contribution in [0.3, 0.4) is 0 Å². The molecule has 4 heteroatoms. The van der Waals surface area contributed by atoms with Gasteiger partial charge < -0.3 is 10.1 Å². The Balaban J connectivity index is 1.98. The Hall–Kier alpha value is -0.250. The summed E-state index contributed by atoms with van der Waals surface area (Å²) in [6, 6.07) is 4.26. The number of alkyl halides is 1. The van der Waals surface area contributed by atoms with Crippen LogP contribution in [0.5, 0.6) is 5.75 Å². The van der Waals surface area contributed by atoms with Gasteiger partial charge in [-0.15, -0.1) is 11.6 Å². The van der Waals surface area contributed by atoms with Gasteiger partial charge in [-0.3, -0.25) is 0 Å². The van der Waals surface area contributed by atoms with E-state index < -0.39 is 0 Å². The van der Waals surface area contributed by atoms with Crippen molar-refractivity contribution in [1.29, 1.82) is 0 Å².